The number of unbranched alkanes of at least 4 members (excludes halogenated alkanes) is 2. The Kier molecular flexibility index (Phi) is 12.6. The second-order valence-corrected chi connectivity index (χ2v) is 6.74. The predicted molar refractivity (Wildman–Crippen MR) is 113 cm³/mol. The van der Waals surface area contributed by atoms with E-state index in [1.54, 1.807) is 0 Å². The summed E-state index contributed by atoms with van der Waals surface area (Å²) in [6, 6.07) is 0.525. The monoisotopic (exact) mass is 449 g/mol. The van der Waals surface area contributed by atoms with Crippen LogP contribution >= 0.6 is 24.0 Å². The van der Waals surface area contributed by atoms with Crippen LogP contribution in [0, 0.1) is 0 Å². The van der Waals surface area contributed by atoms with E-state index in [4.69, 9.17) is 9.73 Å². The highest BCUT2D eigenvalue weighted by atomic mass is 127. The van der Waals surface area contributed by atoms with Crippen molar-refractivity contribution in [3.63, 3.8) is 0 Å². The van der Waals surface area contributed by atoms with Crippen molar-refractivity contribution >= 4 is 29.9 Å². The Morgan fingerprint density at radius 3 is 2.54 bits per heavy atom. The molecule has 2 aliphatic rings. The van der Waals surface area contributed by atoms with Crippen LogP contribution in [-0.2, 0) is 4.74 Å². The lowest BCUT2D eigenvalue weighted by Gasteiger charge is -2.21. The Labute approximate surface area is 165 Å². The third-order valence-electron chi connectivity index (χ3n) is 4.67. The lowest BCUT2D eigenvalue weighted by molar-refractivity contribution is 0.0264. The summed E-state index contributed by atoms with van der Waals surface area (Å²) in [5.41, 5.74) is 0. The van der Waals surface area contributed by atoms with Gasteiger partial charge >= 0.3 is 0 Å². The van der Waals surface area contributed by atoms with E-state index in [-0.39, 0.29) is 24.0 Å². The number of ether oxygens (including phenoxy) is 1. The Hall–Kier alpha value is -0.300. The van der Waals surface area contributed by atoms with Crippen molar-refractivity contribution in [2.75, 3.05) is 19.7 Å². The van der Waals surface area contributed by atoms with Gasteiger partial charge in [-0.15, -0.1) is 24.0 Å². The predicted octanol–water partition coefficient (Wildman–Crippen LogP) is 4.40. The quantitative estimate of drug-likeness (QED) is 0.180. The lowest BCUT2D eigenvalue weighted by atomic mass is 9.98. The minimum absolute atomic E-state index is 0. The summed E-state index contributed by atoms with van der Waals surface area (Å²) in [6.07, 6.45) is 17.5. The molecule has 24 heavy (non-hydrogen) atoms. The van der Waals surface area contributed by atoms with Crippen molar-refractivity contribution in [1.82, 2.24) is 10.6 Å². The highest BCUT2D eigenvalue weighted by molar-refractivity contribution is 14.0. The van der Waals surface area contributed by atoms with Gasteiger partial charge in [0.25, 0.3) is 0 Å². The summed E-state index contributed by atoms with van der Waals surface area (Å²) in [5.74, 6) is 0.972. The fraction of sp³-hybridized carbons (Fsp3) is 0.842. The van der Waals surface area contributed by atoms with Crippen LogP contribution in [0.1, 0.15) is 71.1 Å². The standard InChI is InChI=1S/C19H35N3O.HI/c1-2-20-19(22-17-11-7-8-12-17)21-15-9-4-10-16-23-18-13-5-3-6-14-18;/h7-8,17-18H,2-6,9-16H2,1H3,(H2,20,21,22);1H. The zero-order chi connectivity index (χ0) is 16.2. The molecule has 5 heteroatoms. The maximum Gasteiger partial charge on any atom is 0.191 e. The van der Waals surface area contributed by atoms with E-state index in [9.17, 15) is 0 Å². The van der Waals surface area contributed by atoms with Crippen LogP contribution in [0.4, 0.5) is 0 Å². The van der Waals surface area contributed by atoms with Gasteiger partial charge in [0, 0.05) is 25.7 Å². The maximum absolute atomic E-state index is 5.97. The van der Waals surface area contributed by atoms with Crippen LogP contribution in [0.3, 0.4) is 0 Å². The second kappa shape index (κ2) is 13.9. The molecule has 0 radical (unpaired) electrons. The van der Waals surface area contributed by atoms with Gasteiger partial charge in [-0.05, 0) is 51.9 Å². The van der Waals surface area contributed by atoms with Gasteiger partial charge in [0.1, 0.15) is 0 Å². The topological polar surface area (TPSA) is 45.7 Å². The molecule has 0 bridgehead atoms. The molecule has 0 amide bonds. The van der Waals surface area contributed by atoms with Gasteiger partial charge in [-0.25, -0.2) is 0 Å². The van der Waals surface area contributed by atoms with Crippen molar-refractivity contribution in [3.8, 4) is 0 Å². The number of aliphatic imine (C=N–C) groups is 1. The van der Waals surface area contributed by atoms with Crippen LogP contribution < -0.4 is 10.6 Å². The molecule has 2 rings (SSSR count). The molecule has 0 spiro atoms. The molecule has 0 aromatic rings. The van der Waals surface area contributed by atoms with Crippen molar-refractivity contribution < 1.29 is 4.74 Å². The molecule has 0 aromatic carbocycles. The molecule has 1 saturated carbocycles. The largest absolute Gasteiger partial charge is 0.378 e. The SMILES string of the molecule is CCNC(=NCCCCCOC1CCCCC1)NC1CC=CC1.I. The van der Waals surface area contributed by atoms with Crippen molar-refractivity contribution in [1.29, 1.82) is 0 Å². The molecule has 0 aliphatic heterocycles. The number of rotatable bonds is 9. The number of nitrogens with one attached hydrogen (secondary N) is 2. The van der Waals surface area contributed by atoms with Gasteiger partial charge in [0.15, 0.2) is 5.96 Å². The summed E-state index contributed by atoms with van der Waals surface area (Å²) >= 11 is 0. The zero-order valence-corrected chi connectivity index (χ0v) is 17.6. The number of hydrogen-bond acceptors (Lipinski definition) is 2. The Bertz CT molecular complexity index is 360. The Morgan fingerprint density at radius 1 is 1.08 bits per heavy atom. The average Bonchev–Trinajstić information content (AvgIpc) is 3.08. The highest BCUT2D eigenvalue weighted by Crippen LogP contribution is 2.20. The first-order chi connectivity index (χ1) is 11.4. The number of guanidine groups is 1. The van der Waals surface area contributed by atoms with E-state index >= 15 is 0 Å². The van der Waals surface area contributed by atoms with E-state index in [0.29, 0.717) is 12.1 Å². The summed E-state index contributed by atoms with van der Waals surface area (Å²) in [4.78, 5) is 4.69. The van der Waals surface area contributed by atoms with E-state index in [2.05, 4.69) is 29.7 Å². The van der Waals surface area contributed by atoms with E-state index in [0.717, 1.165) is 44.9 Å². The van der Waals surface area contributed by atoms with Crippen LogP contribution in [0.25, 0.3) is 0 Å². The smallest absolute Gasteiger partial charge is 0.191 e. The Morgan fingerprint density at radius 2 is 1.83 bits per heavy atom. The van der Waals surface area contributed by atoms with Crippen LogP contribution in [0.15, 0.2) is 17.1 Å². The van der Waals surface area contributed by atoms with Crippen LogP contribution in [0.2, 0.25) is 0 Å². The zero-order valence-electron chi connectivity index (χ0n) is 15.3. The number of halogens is 1. The first-order valence-electron chi connectivity index (χ1n) is 9.70. The fourth-order valence-corrected chi connectivity index (χ4v) is 3.31. The molecular weight excluding hydrogens is 413 g/mol. The first kappa shape index (κ1) is 21.7. The molecule has 0 unspecified atom stereocenters. The van der Waals surface area contributed by atoms with Crippen molar-refractivity contribution in [2.24, 2.45) is 4.99 Å². The summed E-state index contributed by atoms with van der Waals surface area (Å²) in [6.45, 7) is 4.87. The summed E-state index contributed by atoms with van der Waals surface area (Å²) in [5, 5.41) is 6.85. The lowest BCUT2D eigenvalue weighted by Crippen LogP contribution is -2.42. The molecule has 1 fully saturated rings. The molecule has 2 N–H and O–H groups in total. The van der Waals surface area contributed by atoms with Crippen LogP contribution in [0.5, 0.6) is 0 Å². The molecule has 4 nitrogen and oxygen atoms in total. The first-order valence-corrected chi connectivity index (χ1v) is 9.70. The maximum atomic E-state index is 5.97. The van der Waals surface area contributed by atoms with Crippen LogP contribution in [-0.4, -0.2) is 37.8 Å². The number of nitrogens with zero attached hydrogens (tertiary/aromatic N) is 1. The Balaban J connectivity index is 0.00000288. The van der Waals surface area contributed by atoms with Gasteiger partial charge in [-0.2, -0.15) is 0 Å². The van der Waals surface area contributed by atoms with E-state index in [1.807, 2.05) is 0 Å². The average molecular weight is 449 g/mol. The van der Waals surface area contributed by atoms with Gasteiger partial charge < -0.3 is 15.4 Å². The van der Waals surface area contributed by atoms with Gasteiger partial charge in [-0.1, -0.05) is 31.4 Å². The fourth-order valence-electron chi connectivity index (χ4n) is 3.31. The number of hydrogen-bond donors (Lipinski definition) is 2. The molecule has 0 saturated heterocycles. The molecule has 0 heterocycles. The van der Waals surface area contributed by atoms with Crippen molar-refractivity contribution in [3.05, 3.63) is 12.2 Å². The van der Waals surface area contributed by atoms with E-state index < -0.39 is 0 Å². The molecule has 0 aromatic heterocycles. The van der Waals surface area contributed by atoms with E-state index in [1.165, 1.54) is 44.9 Å². The van der Waals surface area contributed by atoms with Gasteiger partial charge in [0.05, 0.1) is 6.10 Å². The molecular formula is C19H36IN3O. The third-order valence-corrected chi connectivity index (χ3v) is 4.67. The normalized spacial score (nSPS) is 19.3. The highest BCUT2D eigenvalue weighted by Gasteiger charge is 2.13. The van der Waals surface area contributed by atoms with Gasteiger partial charge in [0.2, 0.25) is 0 Å². The summed E-state index contributed by atoms with van der Waals surface area (Å²) in [7, 11) is 0. The minimum Gasteiger partial charge on any atom is -0.378 e. The summed E-state index contributed by atoms with van der Waals surface area (Å²) < 4.78 is 5.97. The molecule has 140 valence electrons. The minimum atomic E-state index is 0. The molecule has 2 aliphatic carbocycles. The van der Waals surface area contributed by atoms with Gasteiger partial charge in [-0.3, -0.25) is 4.99 Å². The third kappa shape index (κ3) is 9.25. The van der Waals surface area contributed by atoms with Crippen molar-refractivity contribution in [2.45, 2.75) is 83.3 Å². The second-order valence-electron chi connectivity index (χ2n) is 6.74. The molecule has 0 atom stereocenters.